The summed E-state index contributed by atoms with van der Waals surface area (Å²) in [4.78, 5) is 10.7. The van der Waals surface area contributed by atoms with Crippen molar-refractivity contribution in [3.8, 4) is 0 Å². The van der Waals surface area contributed by atoms with Crippen LogP contribution in [0.5, 0.6) is 0 Å². The van der Waals surface area contributed by atoms with Gasteiger partial charge in [0.15, 0.2) is 0 Å². The quantitative estimate of drug-likeness (QED) is 0.0394. The van der Waals surface area contributed by atoms with Crippen LogP contribution in [0.1, 0.15) is 232 Å². The Morgan fingerprint density at radius 3 is 0.841 bits per heavy atom. The van der Waals surface area contributed by atoms with Crippen LogP contribution in [-0.4, -0.2) is 12.6 Å². The minimum atomic E-state index is -0.157. The number of unbranched alkanes of at least 4 members (excludes halogenated alkanes) is 31. The van der Waals surface area contributed by atoms with E-state index in [1.807, 2.05) is 0 Å². The van der Waals surface area contributed by atoms with Gasteiger partial charge in [-0.3, -0.25) is 4.79 Å². The molecule has 0 aromatic carbocycles. The van der Waals surface area contributed by atoms with Gasteiger partial charge in [0.2, 0.25) is 0 Å². The summed E-state index contributed by atoms with van der Waals surface area (Å²) in [6, 6.07) is 0. The van der Waals surface area contributed by atoms with Crippen molar-refractivity contribution in [2.75, 3.05) is 6.61 Å². The normalized spacial score (nSPS) is 11.8. The number of carbonyl (C=O) groups is 1. The fourth-order valence-corrected chi connectivity index (χ4v) is 6.15. The van der Waals surface area contributed by atoms with Crippen LogP contribution in [-0.2, 0) is 9.53 Å². The van der Waals surface area contributed by atoms with Crippen LogP contribution < -0.4 is 0 Å². The molecule has 0 heterocycles. The van der Waals surface area contributed by atoms with Gasteiger partial charge < -0.3 is 4.74 Å². The second kappa shape index (κ2) is 40.0. The molecule has 0 saturated carbocycles. The Morgan fingerprint density at radius 2 is 0.591 bits per heavy atom. The summed E-state index contributed by atoms with van der Waals surface area (Å²) < 4.78 is 4.97. The van der Waals surface area contributed by atoms with Gasteiger partial charge in [0, 0.05) is 6.92 Å². The largest absolute Gasteiger partial charge is 0.466 e. The Labute approximate surface area is 278 Å². The van der Waals surface area contributed by atoms with Crippen molar-refractivity contribution < 1.29 is 9.53 Å². The molecular weight excluding hydrogens is 536 g/mol. The molecule has 0 saturated heterocycles. The fraction of sp³-hybridized carbons (Fsp3) is 0.881. The zero-order valence-electron chi connectivity index (χ0n) is 30.4. The molecule has 0 radical (unpaired) electrons. The highest BCUT2D eigenvalue weighted by Crippen LogP contribution is 2.15. The molecule has 44 heavy (non-hydrogen) atoms. The first-order chi connectivity index (χ1) is 21.8. The summed E-state index contributed by atoms with van der Waals surface area (Å²) in [6.07, 6.45) is 56.8. The van der Waals surface area contributed by atoms with Gasteiger partial charge in [-0.15, -0.1) is 0 Å². The number of rotatable bonds is 37. The first kappa shape index (κ1) is 43.0. The van der Waals surface area contributed by atoms with E-state index in [0.717, 1.165) is 6.42 Å². The lowest BCUT2D eigenvalue weighted by atomic mass is 10.0. The molecule has 0 unspecified atom stereocenters. The molecular formula is C42H80O2. The zero-order chi connectivity index (χ0) is 31.9. The van der Waals surface area contributed by atoms with Crippen molar-refractivity contribution in [1.29, 1.82) is 0 Å². The first-order valence-electron chi connectivity index (χ1n) is 20.2. The lowest BCUT2D eigenvalue weighted by Gasteiger charge is -2.04. The van der Waals surface area contributed by atoms with Crippen molar-refractivity contribution in [3.05, 3.63) is 24.3 Å². The van der Waals surface area contributed by atoms with Crippen LogP contribution in [0.4, 0.5) is 0 Å². The third kappa shape index (κ3) is 41.0. The van der Waals surface area contributed by atoms with E-state index in [-0.39, 0.29) is 5.97 Å². The predicted octanol–water partition coefficient (Wildman–Crippen LogP) is 14.9. The molecule has 0 aliphatic carbocycles. The maximum atomic E-state index is 10.7. The summed E-state index contributed by atoms with van der Waals surface area (Å²) in [5.41, 5.74) is 0. The van der Waals surface area contributed by atoms with E-state index in [4.69, 9.17) is 4.74 Å². The van der Waals surface area contributed by atoms with Gasteiger partial charge in [-0.25, -0.2) is 0 Å². The minimum Gasteiger partial charge on any atom is -0.466 e. The molecule has 0 aliphatic rings. The van der Waals surface area contributed by atoms with E-state index in [1.165, 1.54) is 219 Å². The standard InChI is InChI=1S/C42H80O2/c1-3-4-5-6-7-8-9-10-11-12-13-14-15-16-17-18-19-20-21-22-23-24-25-26-27-28-29-30-31-32-33-34-35-36-37-38-39-40-41-44-42(2)43/h23-24,32-33H,3-22,25-31,34-41H2,1-2H3/b24-23+,33-32+. The number of esters is 1. The minimum absolute atomic E-state index is 0.157. The van der Waals surface area contributed by atoms with Gasteiger partial charge >= 0.3 is 5.97 Å². The van der Waals surface area contributed by atoms with Crippen LogP contribution in [0.25, 0.3) is 0 Å². The molecule has 0 atom stereocenters. The van der Waals surface area contributed by atoms with E-state index in [9.17, 15) is 4.79 Å². The van der Waals surface area contributed by atoms with Crippen LogP contribution in [0.2, 0.25) is 0 Å². The SMILES string of the molecule is CCCCCCCCCCCCCCCCCCCCC/C=C/CCCCCCC/C=C/CCCCCCCCOC(C)=O. The maximum Gasteiger partial charge on any atom is 0.302 e. The van der Waals surface area contributed by atoms with Crippen molar-refractivity contribution in [3.63, 3.8) is 0 Å². The Morgan fingerprint density at radius 1 is 0.364 bits per heavy atom. The van der Waals surface area contributed by atoms with Gasteiger partial charge in [0.25, 0.3) is 0 Å². The van der Waals surface area contributed by atoms with E-state index in [0.29, 0.717) is 6.61 Å². The third-order valence-electron chi connectivity index (χ3n) is 9.12. The number of ether oxygens (including phenoxy) is 1. The Hall–Kier alpha value is -1.05. The first-order valence-corrected chi connectivity index (χ1v) is 20.2. The average molecular weight is 617 g/mol. The summed E-state index contributed by atoms with van der Waals surface area (Å²) in [6.45, 7) is 4.38. The molecule has 0 bridgehead atoms. The average Bonchev–Trinajstić information content (AvgIpc) is 3.02. The molecule has 0 rings (SSSR count). The monoisotopic (exact) mass is 617 g/mol. The van der Waals surface area contributed by atoms with Crippen LogP contribution in [0, 0.1) is 0 Å². The Balaban J connectivity index is 3.14. The maximum absolute atomic E-state index is 10.7. The van der Waals surface area contributed by atoms with Crippen LogP contribution in [0.3, 0.4) is 0 Å². The van der Waals surface area contributed by atoms with E-state index >= 15 is 0 Å². The number of carbonyl (C=O) groups excluding carboxylic acids is 1. The predicted molar refractivity (Wildman–Crippen MR) is 198 cm³/mol. The molecule has 0 fully saturated rings. The Kier molecular flexibility index (Phi) is 39.0. The second-order valence-corrected chi connectivity index (χ2v) is 13.7. The highest BCUT2D eigenvalue weighted by atomic mass is 16.5. The summed E-state index contributed by atoms with van der Waals surface area (Å²) >= 11 is 0. The number of hydrogen-bond donors (Lipinski definition) is 0. The number of hydrogen-bond acceptors (Lipinski definition) is 2. The van der Waals surface area contributed by atoms with Gasteiger partial charge in [-0.05, 0) is 57.8 Å². The van der Waals surface area contributed by atoms with Gasteiger partial charge in [-0.2, -0.15) is 0 Å². The molecule has 0 aromatic heterocycles. The number of allylic oxidation sites excluding steroid dienone is 4. The Bertz CT molecular complexity index is 593. The lowest BCUT2D eigenvalue weighted by Crippen LogP contribution is -1.99. The van der Waals surface area contributed by atoms with Crippen molar-refractivity contribution in [2.45, 2.75) is 232 Å². The van der Waals surface area contributed by atoms with Crippen molar-refractivity contribution >= 4 is 5.97 Å². The molecule has 2 heteroatoms. The van der Waals surface area contributed by atoms with Crippen LogP contribution >= 0.6 is 0 Å². The molecule has 0 N–H and O–H groups in total. The molecule has 0 amide bonds. The van der Waals surface area contributed by atoms with Crippen LogP contribution in [0.15, 0.2) is 24.3 Å². The fourth-order valence-electron chi connectivity index (χ4n) is 6.15. The topological polar surface area (TPSA) is 26.3 Å². The lowest BCUT2D eigenvalue weighted by molar-refractivity contribution is -0.141. The third-order valence-corrected chi connectivity index (χ3v) is 9.12. The van der Waals surface area contributed by atoms with Crippen molar-refractivity contribution in [1.82, 2.24) is 0 Å². The molecule has 0 aliphatic heterocycles. The second-order valence-electron chi connectivity index (χ2n) is 13.7. The highest BCUT2D eigenvalue weighted by Gasteiger charge is 1.96. The van der Waals surface area contributed by atoms with E-state index in [1.54, 1.807) is 0 Å². The van der Waals surface area contributed by atoms with Crippen molar-refractivity contribution in [2.24, 2.45) is 0 Å². The summed E-state index contributed by atoms with van der Waals surface area (Å²) in [5.74, 6) is -0.157. The summed E-state index contributed by atoms with van der Waals surface area (Å²) in [5, 5.41) is 0. The van der Waals surface area contributed by atoms with Gasteiger partial charge in [0.05, 0.1) is 6.61 Å². The zero-order valence-corrected chi connectivity index (χ0v) is 30.4. The molecule has 2 nitrogen and oxygen atoms in total. The molecule has 0 aromatic rings. The highest BCUT2D eigenvalue weighted by molar-refractivity contribution is 5.65. The van der Waals surface area contributed by atoms with E-state index in [2.05, 4.69) is 31.2 Å². The van der Waals surface area contributed by atoms with E-state index < -0.39 is 0 Å². The smallest absolute Gasteiger partial charge is 0.302 e. The molecule has 260 valence electrons. The molecule has 0 spiro atoms. The van der Waals surface area contributed by atoms with Gasteiger partial charge in [0.1, 0.15) is 0 Å². The van der Waals surface area contributed by atoms with Gasteiger partial charge in [-0.1, -0.05) is 192 Å². The summed E-state index contributed by atoms with van der Waals surface area (Å²) in [7, 11) is 0.